The van der Waals surface area contributed by atoms with Crippen LogP contribution in [0, 0.1) is 3.70 Å². The molecule has 0 aliphatic carbocycles. The van der Waals surface area contributed by atoms with E-state index in [1.807, 2.05) is 6.07 Å². The van der Waals surface area contributed by atoms with Crippen LogP contribution in [0.15, 0.2) is 6.07 Å². The molecule has 5 heteroatoms. The summed E-state index contributed by atoms with van der Waals surface area (Å²) in [6.07, 6.45) is 0. The summed E-state index contributed by atoms with van der Waals surface area (Å²) in [5.74, 6) is 1.19. The Hall–Kier alpha value is -0.0400. The molecule has 0 spiro atoms. The highest BCUT2D eigenvalue weighted by Crippen LogP contribution is 2.28. The summed E-state index contributed by atoms with van der Waals surface area (Å²) in [7, 11) is 3.18. The molecule has 1 rings (SSSR count). The van der Waals surface area contributed by atoms with Crippen LogP contribution < -0.4 is 9.47 Å². The molecule has 0 amide bonds. The van der Waals surface area contributed by atoms with Crippen molar-refractivity contribution in [2.75, 3.05) is 14.2 Å². The zero-order chi connectivity index (χ0) is 9.84. The van der Waals surface area contributed by atoms with E-state index in [0.717, 1.165) is 14.6 Å². The van der Waals surface area contributed by atoms with E-state index in [4.69, 9.17) is 9.47 Å². The van der Waals surface area contributed by atoms with E-state index in [1.165, 1.54) is 0 Å². The molecule has 0 unspecified atom stereocenters. The lowest BCUT2D eigenvalue weighted by atomic mass is 10.3. The maximum absolute atomic E-state index is 5.12. The number of hydrogen-bond donors (Lipinski definition) is 0. The summed E-state index contributed by atoms with van der Waals surface area (Å²) in [6.45, 7) is 0. The van der Waals surface area contributed by atoms with Gasteiger partial charge in [-0.3, -0.25) is 0 Å². The van der Waals surface area contributed by atoms with Crippen molar-refractivity contribution in [3.05, 3.63) is 15.3 Å². The third-order valence-corrected chi connectivity index (χ3v) is 3.08. The molecule has 13 heavy (non-hydrogen) atoms. The molecule has 0 aliphatic heterocycles. The number of aromatic nitrogens is 1. The van der Waals surface area contributed by atoms with E-state index in [9.17, 15) is 0 Å². The summed E-state index contributed by atoms with van der Waals surface area (Å²) >= 11 is 5.54. The largest absolute Gasteiger partial charge is 0.491 e. The van der Waals surface area contributed by atoms with Gasteiger partial charge in [-0.25, -0.2) is 4.98 Å². The van der Waals surface area contributed by atoms with Gasteiger partial charge in [0.15, 0.2) is 5.75 Å². The normalized spacial score (nSPS) is 9.85. The van der Waals surface area contributed by atoms with Crippen molar-refractivity contribution in [3.63, 3.8) is 0 Å². The number of pyridine rings is 1. The Balaban J connectivity index is 3.18. The van der Waals surface area contributed by atoms with Crippen molar-refractivity contribution in [2.45, 2.75) is 5.33 Å². The second-order valence-corrected chi connectivity index (χ2v) is 3.87. The zero-order valence-electron chi connectivity index (χ0n) is 7.30. The Labute approximate surface area is 99.1 Å². The molecule has 0 radical (unpaired) electrons. The van der Waals surface area contributed by atoms with Crippen molar-refractivity contribution in [3.8, 4) is 11.6 Å². The first-order chi connectivity index (χ1) is 6.22. The van der Waals surface area contributed by atoms with E-state index < -0.39 is 0 Å². The highest BCUT2D eigenvalue weighted by molar-refractivity contribution is 14.1. The van der Waals surface area contributed by atoms with Gasteiger partial charge in [0.2, 0.25) is 0 Å². The standard InChI is InChI=1S/C8H9BrINO2/c1-12-6-3-5(4-9)7(10)11-8(6)13-2/h3H,4H2,1-2H3. The molecule has 1 aromatic heterocycles. The van der Waals surface area contributed by atoms with E-state index >= 15 is 0 Å². The number of rotatable bonds is 3. The fourth-order valence-electron chi connectivity index (χ4n) is 0.882. The molecular weight excluding hydrogens is 349 g/mol. The first kappa shape index (κ1) is 11.0. The van der Waals surface area contributed by atoms with Crippen LogP contribution in [0.1, 0.15) is 5.56 Å². The average molecular weight is 358 g/mol. The number of halogens is 2. The quantitative estimate of drug-likeness (QED) is 0.473. The smallest absolute Gasteiger partial charge is 0.257 e. The minimum atomic E-state index is 0.525. The minimum absolute atomic E-state index is 0.525. The summed E-state index contributed by atoms with van der Waals surface area (Å²) < 4.78 is 11.1. The average Bonchev–Trinajstić information content (AvgIpc) is 2.17. The Bertz CT molecular complexity index is 306. The lowest BCUT2D eigenvalue weighted by Gasteiger charge is -2.08. The van der Waals surface area contributed by atoms with Gasteiger partial charge >= 0.3 is 0 Å². The molecule has 0 atom stereocenters. The van der Waals surface area contributed by atoms with Crippen molar-refractivity contribution in [1.82, 2.24) is 4.98 Å². The summed E-state index contributed by atoms with van der Waals surface area (Å²) in [6, 6.07) is 1.92. The number of hydrogen-bond acceptors (Lipinski definition) is 3. The fraction of sp³-hybridized carbons (Fsp3) is 0.375. The van der Waals surface area contributed by atoms with Crippen LogP contribution in [-0.4, -0.2) is 19.2 Å². The van der Waals surface area contributed by atoms with Gasteiger partial charge in [0, 0.05) is 5.33 Å². The van der Waals surface area contributed by atoms with Crippen molar-refractivity contribution in [2.24, 2.45) is 0 Å². The molecule has 1 heterocycles. The molecule has 0 saturated heterocycles. The number of alkyl halides is 1. The molecule has 0 bridgehead atoms. The fourth-order valence-corrected chi connectivity index (χ4v) is 2.40. The van der Waals surface area contributed by atoms with Crippen LogP contribution in [-0.2, 0) is 5.33 Å². The molecule has 0 saturated carbocycles. The van der Waals surface area contributed by atoms with Crippen LogP contribution in [0.5, 0.6) is 11.6 Å². The van der Waals surface area contributed by atoms with Crippen molar-refractivity contribution < 1.29 is 9.47 Å². The van der Waals surface area contributed by atoms with Gasteiger partial charge in [-0.1, -0.05) is 15.9 Å². The lowest BCUT2D eigenvalue weighted by Crippen LogP contribution is -1.98. The monoisotopic (exact) mass is 357 g/mol. The van der Waals surface area contributed by atoms with Gasteiger partial charge in [-0.15, -0.1) is 0 Å². The first-order valence-corrected chi connectivity index (χ1v) is 5.76. The van der Waals surface area contributed by atoms with E-state index in [1.54, 1.807) is 14.2 Å². The van der Waals surface area contributed by atoms with E-state index in [0.29, 0.717) is 11.6 Å². The molecule has 0 aliphatic rings. The Morgan fingerprint density at radius 2 is 2.15 bits per heavy atom. The summed E-state index contributed by atoms with van der Waals surface area (Å²) in [4.78, 5) is 4.24. The second kappa shape index (κ2) is 4.99. The highest BCUT2D eigenvalue weighted by atomic mass is 127. The third-order valence-electron chi connectivity index (χ3n) is 1.54. The topological polar surface area (TPSA) is 31.4 Å². The van der Waals surface area contributed by atoms with Crippen molar-refractivity contribution >= 4 is 38.5 Å². The number of ether oxygens (including phenoxy) is 2. The van der Waals surface area contributed by atoms with Crippen molar-refractivity contribution in [1.29, 1.82) is 0 Å². The maximum Gasteiger partial charge on any atom is 0.257 e. The predicted molar refractivity (Wildman–Crippen MR) is 62.7 cm³/mol. The van der Waals surface area contributed by atoms with Gasteiger partial charge in [-0.05, 0) is 34.2 Å². The molecule has 1 aromatic rings. The van der Waals surface area contributed by atoms with Crippen LogP contribution in [0.25, 0.3) is 0 Å². The molecule has 72 valence electrons. The van der Waals surface area contributed by atoms with E-state index in [-0.39, 0.29) is 0 Å². The van der Waals surface area contributed by atoms with Crippen LogP contribution in [0.4, 0.5) is 0 Å². The second-order valence-electron chi connectivity index (χ2n) is 2.28. The maximum atomic E-state index is 5.12. The Morgan fingerprint density at radius 1 is 1.46 bits per heavy atom. The van der Waals surface area contributed by atoms with Crippen LogP contribution in [0.3, 0.4) is 0 Å². The summed E-state index contributed by atoms with van der Waals surface area (Å²) in [5.41, 5.74) is 1.10. The van der Waals surface area contributed by atoms with Gasteiger partial charge < -0.3 is 9.47 Å². The Kier molecular flexibility index (Phi) is 4.24. The molecule has 0 N–H and O–H groups in total. The van der Waals surface area contributed by atoms with Crippen LogP contribution in [0.2, 0.25) is 0 Å². The van der Waals surface area contributed by atoms with Crippen LogP contribution >= 0.6 is 38.5 Å². The number of nitrogens with zero attached hydrogens (tertiary/aromatic N) is 1. The SMILES string of the molecule is COc1cc(CBr)c(I)nc1OC. The van der Waals surface area contributed by atoms with Gasteiger partial charge in [0.1, 0.15) is 3.70 Å². The highest BCUT2D eigenvalue weighted by Gasteiger charge is 2.09. The molecular formula is C8H9BrINO2. The first-order valence-electron chi connectivity index (χ1n) is 3.56. The molecule has 0 fully saturated rings. The van der Waals surface area contributed by atoms with E-state index in [2.05, 4.69) is 43.5 Å². The molecule has 3 nitrogen and oxygen atoms in total. The molecule has 0 aromatic carbocycles. The number of methoxy groups -OCH3 is 2. The van der Waals surface area contributed by atoms with Gasteiger partial charge in [-0.2, -0.15) is 0 Å². The third kappa shape index (κ3) is 2.46. The minimum Gasteiger partial charge on any atom is -0.491 e. The van der Waals surface area contributed by atoms with Gasteiger partial charge in [0.25, 0.3) is 5.88 Å². The zero-order valence-corrected chi connectivity index (χ0v) is 11.0. The Morgan fingerprint density at radius 3 is 2.62 bits per heavy atom. The summed E-state index contributed by atoms with van der Waals surface area (Å²) in [5, 5.41) is 0.763. The lowest BCUT2D eigenvalue weighted by molar-refractivity contribution is 0.342. The predicted octanol–water partition coefficient (Wildman–Crippen LogP) is 2.60. The van der Waals surface area contributed by atoms with Gasteiger partial charge in [0.05, 0.1) is 14.2 Å².